The van der Waals surface area contributed by atoms with Crippen molar-refractivity contribution >= 4 is 17.5 Å². The van der Waals surface area contributed by atoms with Gasteiger partial charge in [0, 0.05) is 13.6 Å². The second kappa shape index (κ2) is 4.15. The largest absolute Gasteiger partial charge is 0.368 e. The fraction of sp³-hybridized carbons (Fsp3) is 0.600. The fourth-order valence-corrected chi connectivity index (χ4v) is 1.88. The first-order valence-electron chi connectivity index (χ1n) is 5.47. The molecule has 0 bridgehead atoms. The molecule has 0 saturated heterocycles. The summed E-state index contributed by atoms with van der Waals surface area (Å²) in [5, 5.41) is 10.9. The van der Waals surface area contributed by atoms with Crippen molar-refractivity contribution in [1.29, 1.82) is 0 Å². The first kappa shape index (κ1) is 11.6. The molecule has 1 saturated carbocycles. The highest BCUT2D eigenvalue weighted by atomic mass is 16.6. The number of nitrogen functional groups attached to an aromatic ring is 1. The molecule has 1 aromatic rings. The molecule has 1 heterocycles. The van der Waals surface area contributed by atoms with Gasteiger partial charge in [-0.3, -0.25) is 10.1 Å². The maximum atomic E-state index is 10.9. The Balaban J connectivity index is 2.22. The molecule has 2 rings (SSSR count). The van der Waals surface area contributed by atoms with Crippen LogP contribution in [0.25, 0.3) is 0 Å². The predicted octanol–water partition coefficient (Wildman–Crippen LogP) is 1.06. The van der Waals surface area contributed by atoms with Gasteiger partial charge in [-0.1, -0.05) is 6.92 Å². The summed E-state index contributed by atoms with van der Waals surface area (Å²) in [5.41, 5.74) is 5.37. The lowest BCUT2D eigenvalue weighted by molar-refractivity contribution is -0.384. The lowest BCUT2D eigenvalue weighted by atomic mass is 10.3. The molecule has 7 heteroatoms. The second-order valence-corrected chi connectivity index (χ2v) is 4.55. The topological polar surface area (TPSA) is 98.2 Å². The molecule has 7 nitrogen and oxygen atoms in total. The molecule has 1 aliphatic rings. The molecule has 0 spiro atoms. The van der Waals surface area contributed by atoms with E-state index in [-0.39, 0.29) is 11.6 Å². The van der Waals surface area contributed by atoms with Crippen LogP contribution in [0.1, 0.15) is 13.3 Å². The molecule has 0 aliphatic heterocycles. The van der Waals surface area contributed by atoms with Crippen LogP contribution < -0.4 is 10.6 Å². The summed E-state index contributed by atoms with van der Waals surface area (Å²) >= 11 is 0. The van der Waals surface area contributed by atoms with Crippen LogP contribution in [0.2, 0.25) is 0 Å². The third kappa shape index (κ3) is 2.43. The van der Waals surface area contributed by atoms with Gasteiger partial charge in [0.2, 0.25) is 11.8 Å². The molecule has 0 aromatic carbocycles. The lowest BCUT2D eigenvalue weighted by Gasteiger charge is -2.17. The van der Waals surface area contributed by atoms with Crippen LogP contribution in [0, 0.1) is 22.0 Å². The summed E-state index contributed by atoms with van der Waals surface area (Å²) < 4.78 is 0. The van der Waals surface area contributed by atoms with Gasteiger partial charge in [-0.2, -0.15) is 4.98 Å². The van der Waals surface area contributed by atoms with E-state index in [1.54, 1.807) is 11.9 Å². The fourth-order valence-electron chi connectivity index (χ4n) is 1.88. The number of anilines is 2. The molecule has 92 valence electrons. The molecule has 1 aliphatic carbocycles. The van der Waals surface area contributed by atoms with E-state index in [4.69, 9.17) is 5.73 Å². The Labute approximate surface area is 98.8 Å². The van der Waals surface area contributed by atoms with Crippen LogP contribution in [0.15, 0.2) is 6.20 Å². The summed E-state index contributed by atoms with van der Waals surface area (Å²) in [6.07, 6.45) is 2.32. The van der Waals surface area contributed by atoms with Gasteiger partial charge in [-0.15, -0.1) is 0 Å². The maximum Gasteiger partial charge on any atom is 0.329 e. The van der Waals surface area contributed by atoms with E-state index in [0.29, 0.717) is 17.7 Å². The maximum absolute atomic E-state index is 10.9. The Bertz CT molecular complexity index is 450. The molecule has 2 N–H and O–H groups in total. The first-order chi connectivity index (χ1) is 7.99. The molecule has 0 radical (unpaired) electrons. The summed E-state index contributed by atoms with van der Waals surface area (Å²) in [4.78, 5) is 19.8. The van der Waals surface area contributed by atoms with Gasteiger partial charge in [-0.05, 0) is 18.3 Å². The first-order valence-corrected chi connectivity index (χ1v) is 5.47. The highest BCUT2D eigenvalue weighted by Crippen LogP contribution is 2.39. The van der Waals surface area contributed by atoms with E-state index in [0.717, 1.165) is 12.7 Å². The Morgan fingerprint density at radius 3 is 2.88 bits per heavy atom. The minimum absolute atomic E-state index is 0.0568. The zero-order valence-corrected chi connectivity index (χ0v) is 9.83. The SMILES string of the molecule is CC1CC1CN(C)c1nc(N)ncc1[N+](=O)[O-]. The average molecular weight is 237 g/mol. The zero-order chi connectivity index (χ0) is 12.6. The third-order valence-corrected chi connectivity index (χ3v) is 3.11. The van der Waals surface area contributed by atoms with Crippen LogP contribution >= 0.6 is 0 Å². The van der Waals surface area contributed by atoms with Crippen molar-refractivity contribution in [2.24, 2.45) is 11.8 Å². The summed E-state index contributed by atoms with van der Waals surface area (Å²) in [6, 6.07) is 0. The average Bonchev–Trinajstić information content (AvgIpc) is 2.93. The van der Waals surface area contributed by atoms with Crippen molar-refractivity contribution in [3.8, 4) is 0 Å². The van der Waals surface area contributed by atoms with Crippen LogP contribution in [-0.2, 0) is 0 Å². The van der Waals surface area contributed by atoms with Gasteiger partial charge < -0.3 is 10.6 Å². The highest BCUT2D eigenvalue weighted by Gasteiger charge is 2.34. The summed E-state index contributed by atoms with van der Waals surface area (Å²) in [5.74, 6) is 1.63. The smallest absolute Gasteiger partial charge is 0.329 e. The molecule has 17 heavy (non-hydrogen) atoms. The van der Waals surface area contributed by atoms with E-state index in [2.05, 4.69) is 16.9 Å². The van der Waals surface area contributed by atoms with Gasteiger partial charge in [0.05, 0.1) is 4.92 Å². The summed E-state index contributed by atoms with van der Waals surface area (Å²) in [6.45, 7) is 2.93. The molecule has 1 aromatic heterocycles. The minimum Gasteiger partial charge on any atom is -0.368 e. The van der Waals surface area contributed by atoms with Crippen molar-refractivity contribution in [1.82, 2.24) is 9.97 Å². The minimum atomic E-state index is -0.485. The monoisotopic (exact) mass is 237 g/mol. The number of hydrogen-bond acceptors (Lipinski definition) is 6. The number of nitrogens with two attached hydrogens (primary N) is 1. The Morgan fingerprint density at radius 1 is 1.71 bits per heavy atom. The van der Waals surface area contributed by atoms with E-state index in [1.807, 2.05) is 0 Å². The van der Waals surface area contributed by atoms with Gasteiger partial charge in [-0.25, -0.2) is 4.98 Å². The predicted molar refractivity (Wildman–Crippen MR) is 63.6 cm³/mol. The van der Waals surface area contributed by atoms with Crippen molar-refractivity contribution < 1.29 is 4.92 Å². The van der Waals surface area contributed by atoms with Crippen molar-refractivity contribution in [3.63, 3.8) is 0 Å². The standard InChI is InChI=1S/C10H15N5O2/c1-6-3-7(6)5-14(2)9-8(15(16)17)4-12-10(11)13-9/h4,6-7H,3,5H2,1-2H3,(H2,11,12,13). The van der Waals surface area contributed by atoms with Crippen LogP contribution in [-0.4, -0.2) is 28.5 Å². The Morgan fingerprint density at radius 2 is 2.35 bits per heavy atom. The summed E-state index contributed by atoms with van der Waals surface area (Å²) in [7, 11) is 1.79. The quantitative estimate of drug-likeness (QED) is 0.621. The van der Waals surface area contributed by atoms with Crippen LogP contribution in [0.3, 0.4) is 0 Å². The normalized spacial score (nSPS) is 22.2. The van der Waals surface area contributed by atoms with Gasteiger partial charge in [0.25, 0.3) is 0 Å². The van der Waals surface area contributed by atoms with Gasteiger partial charge in [0.1, 0.15) is 6.20 Å². The van der Waals surface area contributed by atoms with Crippen molar-refractivity contribution in [2.75, 3.05) is 24.2 Å². The number of nitrogens with zero attached hydrogens (tertiary/aromatic N) is 4. The Hall–Kier alpha value is -1.92. The van der Waals surface area contributed by atoms with Gasteiger partial charge >= 0.3 is 5.69 Å². The zero-order valence-electron chi connectivity index (χ0n) is 9.83. The van der Waals surface area contributed by atoms with Crippen molar-refractivity contribution in [2.45, 2.75) is 13.3 Å². The number of aromatic nitrogens is 2. The van der Waals surface area contributed by atoms with Crippen LogP contribution in [0.4, 0.5) is 17.5 Å². The third-order valence-electron chi connectivity index (χ3n) is 3.11. The van der Waals surface area contributed by atoms with Crippen molar-refractivity contribution in [3.05, 3.63) is 16.3 Å². The molecular formula is C10H15N5O2. The molecule has 0 amide bonds. The lowest BCUT2D eigenvalue weighted by Crippen LogP contribution is -2.23. The second-order valence-electron chi connectivity index (χ2n) is 4.55. The van der Waals surface area contributed by atoms with Gasteiger partial charge in [0.15, 0.2) is 0 Å². The van der Waals surface area contributed by atoms with E-state index >= 15 is 0 Å². The highest BCUT2D eigenvalue weighted by molar-refractivity contribution is 5.57. The molecular weight excluding hydrogens is 222 g/mol. The van der Waals surface area contributed by atoms with E-state index in [1.165, 1.54) is 6.42 Å². The molecule has 2 atom stereocenters. The molecule has 1 fully saturated rings. The van der Waals surface area contributed by atoms with E-state index < -0.39 is 4.92 Å². The van der Waals surface area contributed by atoms with Crippen LogP contribution in [0.5, 0.6) is 0 Å². The molecule has 2 unspecified atom stereocenters. The number of hydrogen-bond donors (Lipinski definition) is 1. The Kier molecular flexibility index (Phi) is 2.83. The number of nitro groups is 1. The number of rotatable bonds is 4. The van der Waals surface area contributed by atoms with E-state index in [9.17, 15) is 10.1 Å².